The summed E-state index contributed by atoms with van der Waals surface area (Å²) in [5.41, 5.74) is 3.51. The lowest BCUT2D eigenvalue weighted by molar-refractivity contribution is 0.472. The van der Waals surface area contributed by atoms with Gasteiger partial charge in [0.05, 0.1) is 0 Å². The Kier molecular flexibility index (Phi) is 3.44. The van der Waals surface area contributed by atoms with Gasteiger partial charge < -0.3 is 15.4 Å². The molecule has 0 spiro atoms. The highest BCUT2D eigenvalue weighted by molar-refractivity contribution is 5.79. The van der Waals surface area contributed by atoms with E-state index in [-0.39, 0.29) is 6.04 Å². The van der Waals surface area contributed by atoms with Gasteiger partial charge in [0.25, 0.3) is 0 Å². The molecule has 3 heteroatoms. The standard InChI is InChI=1S/C17H18N2O/c1-12(14-3-2-4-16(20)10-14)19-11-13-5-6-17-15(9-13)7-8-18-17/h2-10,12,18-20H,11H2,1H3. The molecule has 0 saturated heterocycles. The Labute approximate surface area is 118 Å². The summed E-state index contributed by atoms with van der Waals surface area (Å²) in [6.07, 6.45) is 1.96. The Hall–Kier alpha value is -2.26. The van der Waals surface area contributed by atoms with Crippen LogP contribution in [0.4, 0.5) is 0 Å². The fourth-order valence-electron chi connectivity index (χ4n) is 2.40. The van der Waals surface area contributed by atoms with Crippen molar-refractivity contribution < 1.29 is 5.11 Å². The molecule has 3 rings (SSSR count). The van der Waals surface area contributed by atoms with Crippen molar-refractivity contribution in [1.29, 1.82) is 0 Å². The van der Waals surface area contributed by atoms with Gasteiger partial charge in [-0.05, 0) is 53.8 Å². The molecule has 0 radical (unpaired) electrons. The summed E-state index contributed by atoms with van der Waals surface area (Å²) < 4.78 is 0. The molecule has 0 amide bonds. The first-order valence-electron chi connectivity index (χ1n) is 6.81. The van der Waals surface area contributed by atoms with Crippen LogP contribution in [0.25, 0.3) is 10.9 Å². The van der Waals surface area contributed by atoms with Gasteiger partial charge in [-0.25, -0.2) is 0 Å². The average molecular weight is 266 g/mol. The highest BCUT2D eigenvalue weighted by Crippen LogP contribution is 2.19. The van der Waals surface area contributed by atoms with Crippen molar-refractivity contribution in [1.82, 2.24) is 10.3 Å². The van der Waals surface area contributed by atoms with Gasteiger partial charge in [0, 0.05) is 24.3 Å². The summed E-state index contributed by atoms with van der Waals surface area (Å²) >= 11 is 0. The third kappa shape index (κ3) is 2.68. The molecule has 0 bridgehead atoms. The summed E-state index contributed by atoms with van der Waals surface area (Å²) in [6, 6.07) is 16.1. The first-order valence-corrected chi connectivity index (χ1v) is 6.81. The number of aromatic hydroxyl groups is 1. The SMILES string of the molecule is CC(NCc1ccc2[nH]ccc2c1)c1cccc(O)c1. The molecule has 3 aromatic rings. The van der Waals surface area contributed by atoms with E-state index >= 15 is 0 Å². The van der Waals surface area contributed by atoms with Gasteiger partial charge in [0.1, 0.15) is 5.75 Å². The minimum atomic E-state index is 0.198. The van der Waals surface area contributed by atoms with E-state index in [0.717, 1.165) is 17.6 Å². The van der Waals surface area contributed by atoms with Crippen molar-refractivity contribution >= 4 is 10.9 Å². The third-order valence-corrected chi connectivity index (χ3v) is 3.60. The van der Waals surface area contributed by atoms with Crippen LogP contribution in [0.2, 0.25) is 0 Å². The largest absolute Gasteiger partial charge is 0.508 e. The monoisotopic (exact) mass is 266 g/mol. The van der Waals surface area contributed by atoms with E-state index in [0.29, 0.717) is 5.75 Å². The number of aromatic nitrogens is 1. The van der Waals surface area contributed by atoms with Crippen LogP contribution in [-0.4, -0.2) is 10.1 Å². The summed E-state index contributed by atoms with van der Waals surface area (Å²) in [7, 11) is 0. The number of phenols is 1. The number of nitrogens with one attached hydrogen (secondary N) is 2. The number of phenolic OH excluding ortho intramolecular Hbond substituents is 1. The van der Waals surface area contributed by atoms with Gasteiger partial charge in [-0.3, -0.25) is 0 Å². The first kappa shape index (κ1) is 12.8. The Morgan fingerprint density at radius 1 is 1.15 bits per heavy atom. The van der Waals surface area contributed by atoms with Gasteiger partial charge in [-0.2, -0.15) is 0 Å². The number of benzene rings is 2. The zero-order chi connectivity index (χ0) is 13.9. The Bertz CT molecular complexity index is 718. The molecule has 2 aromatic carbocycles. The van der Waals surface area contributed by atoms with Crippen LogP contribution >= 0.6 is 0 Å². The van der Waals surface area contributed by atoms with Gasteiger partial charge in [0.15, 0.2) is 0 Å². The number of rotatable bonds is 4. The zero-order valence-corrected chi connectivity index (χ0v) is 11.4. The van der Waals surface area contributed by atoms with E-state index in [4.69, 9.17) is 0 Å². The summed E-state index contributed by atoms with van der Waals surface area (Å²) in [5.74, 6) is 0.310. The quantitative estimate of drug-likeness (QED) is 0.674. The molecule has 1 atom stereocenters. The summed E-state index contributed by atoms with van der Waals surface area (Å²) in [5, 5.41) is 14.2. The minimum Gasteiger partial charge on any atom is -0.508 e. The van der Waals surface area contributed by atoms with E-state index in [1.165, 1.54) is 10.9 Å². The van der Waals surface area contributed by atoms with Gasteiger partial charge in [0.2, 0.25) is 0 Å². The van der Waals surface area contributed by atoms with Crippen molar-refractivity contribution in [2.75, 3.05) is 0 Å². The second-order valence-corrected chi connectivity index (χ2v) is 5.10. The first-order chi connectivity index (χ1) is 9.72. The lowest BCUT2D eigenvalue weighted by atomic mass is 10.1. The van der Waals surface area contributed by atoms with Crippen LogP contribution < -0.4 is 5.32 Å². The maximum Gasteiger partial charge on any atom is 0.115 e. The number of fused-ring (bicyclic) bond motifs is 1. The molecule has 3 N–H and O–H groups in total. The molecule has 0 saturated carbocycles. The summed E-state index contributed by atoms with van der Waals surface area (Å²) in [6.45, 7) is 2.90. The second kappa shape index (κ2) is 5.39. The molecule has 0 aliphatic rings. The van der Waals surface area contributed by atoms with Crippen molar-refractivity contribution in [3.8, 4) is 5.75 Å². The van der Waals surface area contributed by atoms with Crippen LogP contribution in [0.5, 0.6) is 5.75 Å². The number of hydrogen-bond donors (Lipinski definition) is 3. The van der Waals surface area contributed by atoms with Crippen molar-refractivity contribution in [2.24, 2.45) is 0 Å². The van der Waals surface area contributed by atoms with Crippen LogP contribution in [-0.2, 0) is 6.54 Å². The number of hydrogen-bond acceptors (Lipinski definition) is 2. The number of aromatic amines is 1. The molecular formula is C17H18N2O. The second-order valence-electron chi connectivity index (χ2n) is 5.10. The highest BCUT2D eigenvalue weighted by Gasteiger charge is 2.06. The maximum absolute atomic E-state index is 9.51. The fraction of sp³-hybridized carbons (Fsp3) is 0.176. The Morgan fingerprint density at radius 2 is 2.05 bits per heavy atom. The van der Waals surface area contributed by atoms with Gasteiger partial charge >= 0.3 is 0 Å². The maximum atomic E-state index is 9.51. The lowest BCUT2D eigenvalue weighted by Crippen LogP contribution is -2.17. The number of H-pyrrole nitrogens is 1. The molecular weight excluding hydrogens is 248 g/mol. The highest BCUT2D eigenvalue weighted by atomic mass is 16.3. The molecule has 0 aliphatic heterocycles. The molecule has 1 aromatic heterocycles. The summed E-state index contributed by atoms with van der Waals surface area (Å²) in [4.78, 5) is 3.20. The third-order valence-electron chi connectivity index (χ3n) is 3.60. The van der Waals surface area contributed by atoms with Crippen LogP contribution in [0.3, 0.4) is 0 Å². The Balaban J connectivity index is 1.69. The molecule has 20 heavy (non-hydrogen) atoms. The average Bonchev–Trinajstić information content (AvgIpc) is 2.92. The normalized spacial score (nSPS) is 12.7. The van der Waals surface area contributed by atoms with Crippen LogP contribution in [0.1, 0.15) is 24.1 Å². The lowest BCUT2D eigenvalue weighted by Gasteiger charge is -2.14. The molecule has 3 nitrogen and oxygen atoms in total. The predicted octanol–water partition coefficient (Wildman–Crippen LogP) is 3.72. The molecule has 1 unspecified atom stereocenters. The van der Waals surface area contributed by atoms with Crippen molar-refractivity contribution in [3.05, 3.63) is 65.9 Å². The van der Waals surface area contributed by atoms with Gasteiger partial charge in [-0.1, -0.05) is 18.2 Å². The molecule has 0 fully saturated rings. The van der Waals surface area contributed by atoms with E-state index in [1.807, 2.05) is 18.3 Å². The minimum absolute atomic E-state index is 0.198. The van der Waals surface area contributed by atoms with E-state index in [2.05, 4.69) is 41.5 Å². The topological polar surface area (TPSA) is 48.0 Å². The fourth-order valence-corrected chi connectivity index (χ4v) is 2.40. The van der Waals surface area contributed by atoms with Gasteiger partial charge in [-0.15, -0.1) is 0 Å². The smallest absolute Gasteiger partial charge is 0.115 e. The van der Waals surface area contributed by atoms with E-state index < -0.39 is 0 Å². The molecule has 0 aliphatic carbocycles. The van der Waals surface area contributed by atoms with E-state index in [9.17, 15) is 5.11 Å². The Morgan fingerprint density at radius 3 is 2.90 bits per heavy atom. The molecule has 102 valence electrons. The predicted molar refractivity (Wildman–Crippen MR) is 81.7 cm³/mol. The van der Waals surface area contributed by atoms with Crippen molar-refractivity contribution in [3.63, 3.8) is 0 Å². The van der Waals surface area contributed by atoms with Crippen LogP contribution in [0, 0.1) is 0 Å². The van der Waals surface area contributed by atoms with Crippen molar-refractivity contribution in [2.45, 2.75) is 19.5 Å². The zero-order valence-electron chi connectivity index (χ0n) is 11.4. The molecule has 1 heterocycles. The van der Waals surface area contributed by atoms with Crippen LogP contribution in [0.15, 0.2) is 54.7 Å². The van der Waals surface area contributed by atoms with E-state index in [1.54, 1.807) is 12.1 Å².